The van der Waals surface area contributed by atoms with Gasteiger partial charge in [-0.15, -0.1) is 0 Å². The van der Waals surface area contributed by atoms with Crippen LogP contribution in [0.4, 0.5) is 15.9 Å². The summed E-state index contributed by atoms with van der Waals surface area (Å²) in [6.45, 7) is 3.06. The lowest BCUT2D eigenvalue weighted by atomic mass is 10.2. The fraction of sp³-hybridized carbons (Fsp3) is 0.222. The molecule has 0 spiro atoms. The van der Waals surface area contributed by atoms with E-state index in [9.17, 15) is 9.18 Å². The van der Waals surface area contributed by atoms with Crippen LogP contribution < -0.4 is 10.2 Å². The number of halogens is 2. The van der Waals surface area contributed by atoms with Crippen molar-refractivity contribution in [3.05, 3.63) is 58.5 Å². The molecule has 1 aliphatic rings. The van der Waals surface area contributed by atoms with Crippen LogP contribution in [0.1, 0.15) is 5.56 Å². The molecule has 3 rings (SSSR count). The monoisotopic (exact) mass is 405 g/mol. The lowest BCUT2D eigenvalue weighted by Gasteiger charge is -2.28. The number of benzene rings is 1. The van der Waals surface area contributed by atoms with Crippen molar-refractivity contribution >= 4 is 39.4 Å². The number of hydrogen-bond donors (Lipinski definition) is 1. The molecule has 7 heteroatoms. The van der Waals surface area contributed by atoms with Crippen molar-refractivity contribution in [1.29, 1.82) is 0 Å². The van der Waals surface area contributed by atoms with Crippen LogP contribution in [-0.2, 0) is 9.53 Å². The lowest BCUT2D eigenvalue weighted by molar-refractivity contribution is -0.111. The number of amides is 1. The summed E-state index contributed by atoms with van der Waals surface area (Å²) in [4.78, 5) is 18.4. The second kappa shape index (κ2) is 8.22. The van der Waals surface area contributed by atoms with Crippen molar-refractivity contribution < 1.29 is 13.9 Å². The van der Waals surface area contributed by atoms with Crippen LogP contribution in [0.5, 0.6) is 0 Å². The Labute approximate surface area is 153 Å². The van der Waals surface area contributed by atoms with E-state index in [1.165, 1.54) is 18.2 Å². The fourth-order valence-electron chi connectivity index (χ4n) is 2.44. The number of pyridine rings is 1. The smallest absolute Gasteiger partial charge is 0.249 e. The first-order chi connectivity index (χ1) is 12.1. The van der Waals surface area contributed by atoms with E-state index in [0.717, 1.165) is 23.2 Å². The Kier molecular flexibility index (Phi) is 5.78. The zero-order valence-electron chi connectivity index (χ0n) is 13.4. The molecular weight excluding hydrogens is 389 g/mol. The first-order valence-corrected chi connectivity index (χ1v) is 8.64. The van der Waals surface area contributed by atoms with E-state index < -0.39 is 0 Å². The molecule has 0 saturated carbocycles. The SMILES string of the molecule is O=C(/C=C/c1cc(Br)ccc1F)Nc1ccc(N2CCOCC2)cn1. The van der Waals surface area contributed by atoms with Gasteiger partial charge in [0.15, 0.2) is 0 Å². The molecule has 0 unspecified atom stereocenters. The van der Waals surface area contributed by atoms with Crippen molar-refractivity contribution in [3.8, 4) is 0 Å². The molecule has 1 amide bonds. The van der Waals surface area contributed by atoms with Gasteiger partial charge in [-0.2, -0.15) is 0 Å². The number of rotatable bonds is 4. The van der Waals surface area contributed by atoms with Crippen LogP contribution >= 0.6 is 15.9 Å². The maximum atomic E-state index is 13.6. The standard InChI is InChI=1S/C18H17BrFN3O2/c19-14-2-4-16(20)13(11-14)1-6-18(24)22-17-5-3-15(12-21-17)23-7-9-25-10-8-23/h1-6,11-12H,7-10H2,(H,21,22,24)/b6-1+. The van der Waals surface area contributed by atoms with E-state index in [2.05, 4.69) is 31.1 Å². The topological polar surface area (TPSA) is 54.5 Å². The van der Waals surface area contributed by atoms with E-state index >= 15 is 0 Å². The van der Waals surface area contributed by atoms with Crippen LogP contribution in [0.25, 0.3) is 6.08 Å². The maximum absolute atomic E-state index is 13.6. The summed E-state index contributed by atoms with van der Waals surface area (Å²) in [5.41, 5.74) is 1.33. The van der Waals surface area contributed by atoms with Crippen LogP contribution in [-0.4, -0.2) is 37.2 Å². The Morgan fingerprint density at radius 2 is 2.08 bits per heavy atom. The van der Waals surface area contributed by atoms with Gasteiger partial charge in [0.05, 0.1) is 25.1 Å². The van der Waals surface area contributed by atoms with E-state index in [0.29, 0.717) is 24.6 Å². The molecule has 0 aliphatic carbocycles. The molecule has 1 fully saturated rings. The number of anilines is 2. The fourth-order valence-corrected chi connectivity index (χ4v) is 2.82. The molecule has 2 aromatic rings. The summed E-state index contributed by atoms with van der Waals surface area (Å²) in [6, 6.07) is 8.20. The third kappa shape index (κ3) is 4.87. The summed E-state index contributed by atoms with van der Waals surface area (Å²) < 4.78 is 19.7. The average Bonchev–Trinajstić information content (AvgIpc) is 2.64. The van der Waals surface area contributed by atoms with Gasteiger partial charge in [-0.25, -0.2) is 9.37 Å². The molecule has 0 radical (unpaired) electrons. The summed E-state index contributed by atoms with van der Waals surface area (Å²) in [5, 5.41) is 2.66. The third-order valence-corrected chi connectivity index (χ3v) is 4.24. The quantitative estimate of drug-likeness (QED) is 0.791. The molecule has 130 valence electrons. The number of nitrogens with zero attached hydrogens (tertiary/aromatic N) is 2. The highest BCUT2D eigenvalue weighted by molar-refractivity contribution is 9.10. The number of carbonyl (C=O) groups excluding carboxylic acids is 1. The maximum Gasteiger partial charge on any atom is 0.249 e. The molecule has 1 aliphatic heterocycles. The normalized spacial score (nSPS) is 14.7. The molecule has 25 heavy (non-hydrogen) atoms. The second-order valence-corrected chi connectivity index (χ2v) is 6.41. The van der Waals surface area contributed by atoms with Gasteiger partial charge in [0.25, 0.3) is 0 Å². The second-order valence-electron chi connectivity index (χ2n) is 5.49. The van der Waals surface area contributed by atoms with Gasteiger partial charge in [-0.05, 0) is 36.4 Å². The highest BCUT2D eigenvalue weighted by Crippen LogP contribution is 2.18. The molecule has 1 saturated heterocycles. The molecule has 5 nitrogen and oxygen atoms in total. The summed E-state index contributed by atoms with van der Waals surface area (Å²) in [7, 11) is 0. The van der Waals surface area contributed by atoms with Crippen molar-refractivity contribution in [2.45, 2.75) is 0 Å². The minimum Gasteiger partial charge on any atom is -0.378 e. The molecule has 0 bridgehead atoms. The van der Waals surface area contributed by atoms with E-state index in [1.807, 2.05) is 6.07 Å². The molecule has 2 heterocycles. The van der Waals surface area contributed by atoms with Crippen LogP contribution in [0.3, 0.4) is 0 Å². The van der Waals surface area contributed by atoms with Gasteiger partial charge in [-0.1, -0.05) is 15.9 Å². The van der Waals surface area contributed by atoms with Crippen LogP contribution in [0.2, 0.25) is 0 Å². The predicted octanol–water partition coefficient (Wildman–Crippen LogP) is 3.47. The number of hydrogen-bond acceptors (Lipinski definition) is 4. The van der Waals surface area contributed by atoms with Crippen molar-refractivity contribution in [2.24, 2.45) is 0 Å². The Morgan fingerprint density at radius 1 is 1.28 bits per heavy atom. The van der Waals surface area contributed by atoms with Gasteiger partial charge in [0.2, 0.25) is 5.91 Å². The Balaban J connectivity index is 1.60. The number of nitrogens with one attached hydrogen (secondary N) is 1. The molecule has 0 atom stereocenters. The summed E-state index contributed by atoms with van der Waals surface area (Å²) in [5.74, 6) is -0.312. The highest BCUT2D eigenvalue weighted by Gasteiger charge is 2.11. The van der Waals surface area contributed by atoms with Crippen molar-refractivity contribution in [2.75, 3.05) is 36.5 Å². The van der Waals surface area contributed by atoms with Crippen LogP contribution in [0, 0.1) is 5.82 Å². The lowest BCUT2D eigenvalue weighted by Crippen LogP contribution is -2.36. The molecule has 1 aromatic heterocycles. The molecular formula is C18H17BrFN3O2. The first-order valence-electron chi connectivity index (χ1n) is 7.85. The number of aromatic nitrogens is 1. The van der Waals surface area contributed by atoms with Gasteiger partial charge < -0.3 is 15.0 Å². The Bertz CT molecular complexity index is 774. The summed E-state index contributed by atoms with van der Waals surface area (Å²) >= 11 is 3.27. The summed E-state index contributed by atoms with van der Waals surface area (Å²) in [6.07, 6.45) is 4.43. The number of carbonyl (C=O) groups is 1. The van der Waals surface area contributed by atoms with Gasteiger partial charge in [-0.3, -0.25) is 4.79 Å². The van der Waals surface area contributed by atoms with Crippen molar-refractivity contribution in [1.82, 2.24) is 4.98 Å². The third-order valence-electron chi connectivity index (χ3n) is 3.75. The van der Waals surface area contributed by atoms with Gasteiger partial charge in [0, 0.05) is 29.2 Å². The Hall–Kier alpha value is -2.25. The van der Waals surface area contributed by atoms with E-state index in [-0.39, 0.29) is 11.7 Å². The predicted molar refractivity (Wildman–Crippen MR) is 99.0 cm³/mol. The van der Waals surface area contributed by atoms with Crippen LogP contribution in [0.15, 0.2) is 47.1 Å². The molecule has 1 aromatic carbocycles. The zero-order valence-corrected chi connectivity index (χ0v) is 15.0. The largest absolute Gasteiger partial charge is 0.378 e. The van der Waals surface area contributed by atoms with E-state index in [4.69, 9.17) is 4.74 Å². The van der Waals surface area contributed by atoms with E-state index in [1.54, 1.807) is 24.4 Å². The Morgan fingerprint density at radius 3 is 2.80 bits per heavy atom. The highest BCUT2D eigenvalue weighted by atomic mass is 79.9. The minimum absolute atomic E-state index is 0.333. The van der Waals surface area contributed by atoms with Gasteiger partial charge >= 0.3 is 0 Å². The number of morpholine rings is 1. The van der Waals surface area contributed by atoms with Gasteiger partial charge in [0.1, 0.15) is 11.6 Å². The molecule has 1 N–H and O–H groups in total. The zero-order chi connectivity index (χ0) is 17.6. The average molecular weight is 406 g/mol. The first kappa shape index (κ1) is 17.6. The minimum atomic E-state index is -0.389. The number of ether oxygens (including phenoxy) is 1. The van der Waals surface area contributed by atoms with Crippen molar-refractivity contribution in [3.63, 3.8) is 0 Å².